The first-order valence-electron chi connectivity index (χ1n) is 4.11. The average Bonchev–Trinajstić information content (AvgIpc) is 2.58. The van der Waals surface area contributed by atoms with E-state index >= 15 is 0 Å². The highest BCUT2D eigenvalue weighted by Gasteiger charge is 2.18. The van der Waals surface area contributed by atoms with Gasteiger partial charge in [0.15, 0.2) is 0 Å². The molecule has 1 aromatic heterocycles. The van der Waals surface area contributed by atoms with E-state index in [0.717, 1.165) is 11.4 Å². The lowest BCUT2D eigenvalue weighted by Gasteiger charge is -1.88. The van der Waals surface area contributed by atoms with Crippen molar-refractivity contribution >= 4 is 6.03 Å². The Bertz CT molecular complexity index is 290. The fraction of sp³-hybridized carbons (Fsp3) is 0.500. The molecular weight excluding hydrogens is 154 g/mol. The summed E-state index contributed by atoms with van der Waals surface area (Å²) < 4.78 is 1.40. The molecule has 1 aliphatic rings. The predicted molar refractivity (Wildman–Crippen MR) is 45.9 cm³/mol. The topological polar surface area (TPSA) is 46.9 Å². The van der Waals surface area contributed by atoms with E-state index in [1.165, 1.54) is 4.68 Å². The lowest BCUT2D eigenvalue weighted by Crippen LogP contribution is -2.18. The van der Waals surface area contributed by atoms with Gasteiger partial charge in [-0.15, -0.1) is 0 Å². The summed E-state index contributed by atoms with van der Waals surface area (Å²) in [4.78, 5) is 10.9. The molecule has 2 rings (SSSR count). The van der Waals surface area contributed by atoms with Gasteiger partial charge in [0.05, 0.1) is 17.9 Å². The predicted octanol–water partition coefficient (Wildman–Crippen LogP) is 1.29. The van der Waals surface area contributed by atoms with Gasteiger partial charge in [-0.3, -0.25) is 0 Å². The lowest BCUT2D eigenvalue weighted by atomic mass is 10.4. The summed E-state index contributed by atoms with van der Waals surface area (Å²) >= 11 is 0. The van der Waals surface area contributed by atoms with Gasteiger partial charge >= 0.3 is 6.03 Å². The molecule has 0 radical (unpaired) electrons. The van der Waals surface area contributed by atoms with Gasteiger partial charge in [-0.05, 0) is 13.0 Å². The number of nitrogens with zero attached hydrogens (tertiary/aromatic N) is 2. The summed E-state index contributed by atoms with van der Waals surface area (Å²) in [6.07, 6.45) is 0. The van der Waals surface area contributed by atoms with Crippen molar-refractivity contribution < 1.29 is 4.79 Å². The van der Waals surface area contributed by atoms with Crippen LogP contribution in [0.1, 0.15) is 25.2 Å². The Morgan fingerprint density at radius 1 is 1.58 bits per heavy atom. The van der Waals surface area contributed by atoms with Crippen LogP contribution in [-0.2, 0) is 6.54 Å². The molecule has 12 heavy (non-hydrogen) atoms. The van der Waals surface area contributed by atoms with E-state index in [1.54, 1.807) is 0 Å². The second-order valence-electron chi connectivity index (χ2n) is 2.35. The SMILES string of the molecule is CC.Cc1cc2n(n1)C(=O)NC2. The first-order valence-corrected chi connectivity index (χ1v) is 4.11. The molecule has 2 heterocycles. The third kappa shape index (κ3) is 1.32. The molecule has 0 saturated heterocycles. The van der Waals surface area contributed by atoms with Crippen molar-refractivity contribution in [2.24, 2.45) is 0 Å². The van der Waals surface area contributed by atoms with Gasteiger partial charge in [-0.2, -0.15) is 9.78 Å². The first kappa shape index (κ1) is 8.77. The first-order chi connectivity index (χ1) is 5.77. The molecule has 0 bridgehead atoms. The van der Waals surface area contributed by atoms with Crippen molar-refractivity contribution in [1.29, 1.82) is 0 Å². The Balaban J connectivity index is 0.000000336. The van der Waals surface area contributed by atoms with E-state index < -0.39 is 0 Å². The maximum absolute atomic E-state index is 10.9. The normalized spacial score (nSPS) is 13.1. The monoisotopic (exact) mass is 167 g/mol. The van der Waals surface area contributed by atoms with Crippen LogP contribution in [0.3, 0.4) is 0 Å². The molecule has 4 heteroatoms. The second kappa shape index (κ2) is 3.38. The van der Waals surface area contributed by atoms with E-state index in [1.807, 2.05) is 26.8 Å². The van der Waals surface area contributed by atoms with Crippen molar-refractivity contribution in [3.05, 3.63) is 17.5 Å². The van der Waals surface area contributed by atoms with Gasteiger partial charge in [0, 0.05) is 0 Å². The van der Waals surface area contributed by atoms with Gasteiger partial charge < -0.3 is 5.32 Å². The summed E-state index contributed by atoms with van der Waals surface area (Å²) in [7, 11) is 0. The minimum absolute atomic E-state index is 0.122. The highest BCUT2D eigenvalue weighted by Crippen LogP contribution is 2.07. The Morgan fingerprint density at radius 2 is 2.25 bits per heavy atom. The summed E-state index contributed by atoms with van der Waals surface area (Å²) in [6, 6.07) is 1.78. The van der Waals surface area contributed by atoms with Crippen LogP contribution in [0.5, 0.6) is 0 Å². The minimum Gasteiger partial charge on any atom is -0.331 e. The number of hydrogen-bond acceptors (Lipinski definition) is 2. The van der Waals surface area contributed by atoms with Crippen LogP contribution < -0.4 is 5.32 Å². The summed E-state index contributed by atoms with van der Waals surface area (Å²) in [5, 5.41) is 6.63. The number of nitrogens with one attached hydrogen (secondary N) is 1. The third-order valence-electron chi connectivity index (χ3n) is 1.52. The van der Waals surface area contributed by atoms with Crippen molar-refractivity contribution in [2.45, 2.75) is 27.3 Å². The van der Waals surface area contributed by atoms with E-state index in [4.69, 9.17) is 0 Å². The van der Waals surface area contributed by atoms with Crippen molar-refractivity contribution in [3.8, 4) is 0 Å². The average molecular weight is 167 g/mol. The van der Waals surface area contributed by atoms with Crippen LogP contribution in [-0.4, -0.2) is 15.8 Å². The fourth-order valence-corrected chi connectivity index (χ4v) is 1.10. The third-order valence-corrected chi connectivity index (χ3v) is 1.52. The van der Waals surface area contributed by atoms with Crippen LogP contribution in [0.15, 0.2) is 6.07 Å². The van der Waals surface area contributed by atoms with E-state index in [2.05, 4.69) is 10.4 Å². The second-order valence-corrected chi connectivity index (χ2v) is 2.35. The van der Waals surface area contributed by atoms with Crippen molar-refractivity contribution in [1.82, 2.24) is 15.1 Å². The van der Waals surface area contributed by atoms with Crippen molar-refractivity contribution in [3.63, 3.8) is 0 Å². The highest BCUT2D eigenvalue weighted by atomic mass is 16.2. The number of carbonyl (C=O) groups is 1. The quantitative estimate of drug-likeness (QED) is 0.632. The van der Waals surface area contributed by atoms with Gasteiger partial charge in [-0.25, -0.2) is 4.79 Å². The Labute approximate surface area is 71.6 Å². The molecule has 0 atom stereocenters. The molecule has 1 amide bonds. The Morgan fingerprint density at radius 3 is 2.83 bits per heavy atom. The van der Waals surface area contributed by atoms with Gasteiger partial charge in [0.25, 0.3) is 0 Å². The van der Waals surface area contributed by atoms with E-state index in [-0.39, 0.29) is 6.03 Å². The number of carbonyl (C=O) groups excluding carboxylic acids is 1. The van der Waals surface area contributed by atoms with Crippen LogP contribution >= 0.6 is 0 Å². The van der Waals surface area contributed by atoms with Gasteiger partial charge in [0.1, 0.15) is 0 Å². The minimum atomic E-state index is -0.122. The molecule has 66 valence electrons. The molecule has 0 spiro atoms. The molecule has 0 aromatic carbocycles. The van der Waals surface area contributed by atoms with E-state index in [9.17, 15) is 4.79 Å². The zero-order valence-corrected chi connectivity index (χ0v) is 7.59. The number of hydrogen-bond donors (Lipinski definition) is 1. The molecule has 0 aliphatic carbocycles. The number of amides is 1. The van der Waals surface area contributed by atoms with Crippen LogP contribution in [0.25, 0.3) is 0 Å². The van der Waals surface area contributed by atoms with Gasteiger partial charge in [-0.1, -0.05) is 13.8 Å². The maximum atomic E-state index is 10.9. The number of aryl methyl sites for hydroxylation is 1. The maximum Gasteiger partial charge on any atom is 0.342 e. The number of rotatable bonds is 0. The smallest absolute Gasteiger partial charge is 0.331 e. The molecule has 1 N–H and O–H groups in total. The zero-order chi connectivity index (χ0) is 9.14. The largest absolute Gasteiger partial charge is 0.342 e. The molecule has 1 aliphatic heterocycles. The number of aromatic nitrogens is 2. The Hall–Kier alpha value is -1.32. The van der Waals surface area contributed by atoms with Crippen LogP contribution in [0.2, 0.25) is 0 Å². The summed E-state index contributed by atoms with van der Waals surface area (Å²) in [6.45, 7) is 6.48. The molecule has 0 unspecified atom stereocenters. The molecule has 4 nitrogen and oxygen atoms in total. The van der Waals surface area contributed by atoms with Crippen molar-refractivity contribution in [2.75, 3.05) is 0 Å². The standard InChI is InChI=1S/C6H7N3O.C2H6/c1-4-2-5-3-7-6(10)9(5)8-4;1-2/h2H,3H2,1H3,(H,7,10);1-2H3. The van der Waals surface area contributed by atoms with Crippen LogP contribution in [0.4, 0.5) is 4.79 Å². The zero-order valence-electron chi connectivity index (χ0n) is 7.59. The highest BCUT2D eigenvalue weighted by molar-refractivity contribution is 5.79. The summed E-state index contributed by atoms with van der Waals surface area (Å²) in [5.41, 5.74) is 1.84. The molecule has 0 saturated carbocycles. The Kier molecular flexibility index (Phi) is 2.47. The lowest BCUT2D eigenvalue weighted by molar-refractivity contribution is 0.244. The van der Waals surface area contributed by atoms with Crippen LogP contribution in [0, 0.1) is 6.92 Å². The molecular formula is C8H13N3O. The number of fused-ring (bicyclic) bond motifs is 1. The van der Waals surface area contributed by atoms with E-state index in [0.29, 0.717) is 6.54 Å². The molecule has 1 aromatic rings. The van der Waals surface area contributed by atoms with Gasteiger partial charge in [0.2, 0.25) is 0 Å². The fourth-order valence-electron chi connectivity index (χ4n) is 1.10. The molecule has 0 fully saturated rings. The summed E-state index contributed by atoms with van der Waals surface area (Å²) in [5.74, 6) is 0.